The molecule has 109 valence electrons. The maximum atomic E-state index is 4.10. The predicted molar refractivity (Wildman–Crippen MR) is 91.4 cm³/mol. The van der Waals surface area contributed by atoms with Crippen LogP contribution >= 0.6 is 0 Å². The van der Waals surface area contributed by atoms with E-state index in [1.54, 1.807) is 16.7 Å². The van der Waals surface area contributed by atoms with E-state index in [4.69, 9.17) is 0 Å². The van der Waals surface area contributed by atoms with Crippen molar-refractivity contribution in [3.63, 3.8) is 0 Å². The molecule has 0 aromatic rings. The number of hydrogen-bond acceptors (Lipinski definition) is 0. The van der Waals surface area contributed by atoms with Gasteiger partial charge in [-0.3, -0.25) is 0 Å². The fourth-order valence-corrected chi connectivity index (χ4v) is 25.7. The van der Waals surface area contributed by atoms with E-state index in [2.05, 4.69) is 52.8 Å². The van der Waals surface area contributed by atoms with Gasteiger partial charge in [0.25, 0.3) is 0 Å². The van der Waals surface area contributed by atoms with Gasteiger partial charge in [-0.05, 0) is 0 Å². The number of rotatable bonds is 5. The SMILES string of the molecule is [CH2]CC[CH2][Zr]([SiH3])([C]1=CC=CC1)[C]1=C(C)C(C)=C(C)C1C. The minimum atomic E-state index is -2.26. The fraction of sp³-hybridized carbons (Fsp3) is 0.500. The Morgan fingerprint density at radius 2 is 2.00 bits per heavy atom. The average molecular weight is 365 g/mol. The Hall–Kier alpha value is 0.0600. The monoisotopic (exact) mass is 363 g/mol. The second kappa shape index (κ2) is 6.44. The van der Waals surface area contributed by atoms with Crippen LogP contribution < -0.4 is 0 Å². The van der Waals surface area contributed by atoms with E-state index in [1.165, 1.54) is 24.3 Å². The first kappa shape index (κ1) is 16.4. The first-order valence-electron chi connectivity index (χ1n) is 7.98. The zero-order chi connectivity index (χ0) is 14.9. The standard InChI is InChI=1S/C9H13.C5H5.C4H8.H3Si.Zr/c1-6-5-7(2)9(4)8(6)3;1-2-4-5-3-1;1-3-4-2;;/h6H,1-4H3;1-3H,4H2;1-4H2;1H3;. The molecule has 0 aromatic heterocycles. The third kappa shape index (κ3) is 2.71. The molecule has 2 aliphatic carbocycles. The summed E-state index contributed by atoms with van der Waals surface area (Å²) in [5, 5.41) is 0. The van der Waals surface area contributed by atoms with Gasteiger partial charge >= 0.3 is 132 Å². The van der Waals surface area contributed by atoms with Gasteiger partial charge in [-0.1, -0.05) is 0 Å². The molecule has 0 bridgehead atoms. The van der Waals surface area contributed by atoms with Gasteiger partial charge in [0.1, 0.15) is 0 Å². The van der Waals surface area contributed by atoms with Gasteiger partial charge in [0, 0.05) is 0 Å². The van der Waals surface area contributed by atoms with Gasteiger partial charge in [-0.25, -0.2) is 0 Å². The molecule has 2 rings (SSSR count). The van der Waals surface area contributed by atoms with Crippen LogP contribution in [0.3, 0.4) is 0 Å². The Morgan fingerprint density at radius 3 is 2.45 bits per heavy atom. The van der Waals surface area contributed by atoms with Crippen LogP contribution in [-0.4, -0.2) is 7.37 Å². The molecule has 0 fully saturated rings. The molecule has 0 N–H and O–H groups in total. The van der Waals surface area contributed by atoms with Crippen molar-refractivity contribution in [1.29, 1.82) is 0 Å². The van der Waals surface area contributed by atoms with Crippen molar-refractivity contribution in [1.82, 2.24) is 0 Å². The van der Waals surface area contributed by atoms with Gasteiger partial charge in [0.2, 0.25) is 0 Å². The van der Waals surface area contributed by atoms with Crippen molar-refractivity contribution >= 4 is 7.37 Å². The Labute approximate surface area is 131 Å². The van der Waals surface area contributed by atoms with E-state index in [1.807, 2.05) is 6.56 Å². The van der Waals surface area contributed by atoms with E-state index in [0.717, 1.165) is 12.3 Å². The van der Waals surface area contributed by atoms with E-state index in [-0.39, 0.29) is 0 Å². The quantitative estimate of drug-likeness (QED) is 0.627. The van der Waals surface area contributed by atoms with E-state index >= 15 is 0 Å². The number of allylic oxidation sites excluding steroid dienone is 8. The van der Waals surface area contributed by atoms with E-state index < -0.39 is 19.4 Å². The Balaban J connectivity index is 2.43. The minimum absolute atomic E-state index is 0.717. The third-order valence-electron chi connectivity index (χ3n) is 5.64. The molecular formula is C18H29SiZr. The maximum absolute atomic E-state index is 4.10. The molecule has 2 aliphatic rings. The topological polar surface area (TPSA) is 0 Å². The average Bonchev–Trinajstić information content (AvgIpc) is 3.03. The normalized spacial score (nSPS) is 25.6. The summed E-state index contributed by atoms with van der Waals surface area (Å²) in [7, 11) is 1.42. The summed E-state index contributed by atoms with van der Waals surface area (Å²) in [6, 6.07) is 0. The predicted octanol–water partition coefficient (Wildman–Crippen LogP) is 4.56. The molecule has 20 heavy (non-hydrogen) atoms. The zero-order valence-electron chi connectivity index (χ0n) is 13.8. The summed E-state index contributed by atoms with van der Waals surface area (Å²) >= 11 is -2.26. The Bertz CT molecular complexity index is 522. The molecule has 1 radical (unpaired) electrons. The molecular weight excluding hydrogens is 336 g/mol. The number of hydrogen-bond donors (Lipinski definition) is 0. The molecule has 0 amide bonds. The summed E-state index contributed by atoms with van der Waals surface area (Å²) in [6.45, 7) is 13.6. The summed E-state index contributed by atoms with van der Waals surface area (Å²) in [5.41, 5.74) is 4.89. The summed E-state index contributed by atoms with van der Waals surface area (Å²) < 4.78 is 5.29. The van der Waals surface area contributed by atoms with Crippen LogP contribution in [0.2, 0.25) is 4.13 Å². The van der Waals surface area contributed by atoms with Crippen molar-refractivity contribution < 1.29 is 19.4 Å². The summed E-state index contributed by atoms with van der Waals surface area (Å²) in [6.07, 6.45) is 10.8. The Kier molecular flexibility index (Phi) is 5.29. The van der Waals surface area contributed by atoms with Gasteiger partial charge in [0.15, 0.2) is 0 Å². The molecule has 0 saturated carbocycles. The Morgan fingerprint density at radius 1 is 1.30 bits per heavy atom. The van der Waals surface area contributed by atoms with E-state index in [9.17, 15) is 0 Å². The van der Waals surface area contributed by atoms with Crippen molar-refractivity contribution in [3.05, 3.63) is 48.4 Å². The zero-order valence-corrected chi connectivity index (χ0v) is 18.3. The third-order valence-corrected chi connectivity index (χ3v) is 28.2. The molecule has 2 heteroatoms. The van der Waals surface area contributed by atoms with Crippen molar-refractivity contribution in [2.24, 2.45) is 5.92 Å². The van der Waals surface area contributed by atoms with Gasteiger partial charge < -0.3 is 0 Å². The van der Waals surface area contributed by atoms with Crippen LogP contribution in [0.15, 0.2) is 41.5 Å². The van der Waals surface area contributed by atoms with Crippen molar-refractivity contribution in [2.75, 3.05) is 0 Å². The van der Waals surface area contributed by atoms with Gasteiger partial charge in [-0.2, -0.15) is 0 Å². The van der Waals surface area contributed by atoms with Crippen molar-refractivity contribution in [2.45, 2.75) is 51.1 Å². The molecule has 0 spiro atoms. The molecule has 2 atom stereocenters. The van der Waals surface area contributed by atoms with Crippen LogP contribution in [0.25, 0.3) is 0 Å². The molecule has 0 nitrogen and oxygen atoms in total. The van der Waals surface area contributed by atoms with Gasteiger partial charge in [0.05, 0.1) is 0 Å². The first-order valence-corrected chi connectivity index (χ1v) is 20.5. The second-order valence-corrected chi connectivity index (χ2v) is 27.5. The summed E-state index contributed by atoms with van der Waals surface area (Å²) in [4.78, 5) is 0. The first-order chi connectivity index (χ1) is 9.43. The van der Waals surface area contributed by atoms with E-state index in [0.29, 0.717) is 0 Å². The molecule has 0 aromatic carbocycles. The summed E-state index contributed by atoms with van der Waals surface area (Å²) in [5.74, 6) is 0.717. The van der Waals surface area contributed by atoms with Crippen LogP contribution in [0.1, 0.15) is 47.0 Å². The molecule has 2 unspecified atom stereocenters. The van der Waals surface area contributed by atoms with Crippen LogP contribution in [0, 0.1) is 12.8 Å². The number of unbranched alkanes of at least 4 members (excludes halogenated alkanes) is 1. The second-order valence-electron chi connectivity index (χ2n) is 6.68. The van der Waals surface area contributed by atoms with Crippen molar-refractivity contribution in [3.8, 4) is 0 Å². The van der Waals surface area contributed by atoms with Crippen LogP contribution in [0.5, 0.6) is 0 Å². The molecule has 0 aliphatic heterocycles. The molecule has 0 heterocycles. The fourth-order valence-electron chi connectivity index (χ4n) is 4.06. The molecule has 0 saturated heterocycles. The van der Waals surface area contributed by atoms with Crippen LogP contribution in [-0.2, 0) is 19.4 Å². The van der Waals surface area contributed by atoms with Gasteiger partial charge in [-0.15, -0.1) is 0 Å². The van der Waals surface area contributed by atoms with Crippen LogP contribution in [0.4, 0.5) is 0 Å².